The maximum Gasteiger partial charge on any atom is 0.323 e. The minimum atomic E-state index is -0.871. The maximum absolute atomic E-state index is 12.5. The molecule has 0 spiro atoms. The average molecular weight is 249 g/mol. The van der Waals surface area contributed by atoms with Crippen molar-refractivity contribution in [1.82, 2.24) is 4.90 Å². The quantitative estimate of drug-likeness (QED) is 0.818. The zero-order valence-corrected chi connectivity index (χ0v) is 10.4. The number of rotatable bonds is 4. The molecule has 4 nitrogen and oxygen atoms in total. The molecule has 4 aliphatic carbocycles. The summed E-state index contributed by atoms with van der Waals surface area (Å²) in [5.74, 6) is 2.27. The van der Waals surface area contributed by atoms with Crippen molar-refractivity contribution < 1.29 is 14.7 Å². The van der Waals surface area contributed by atoms with E-state index in [4.69, 9.17) is 5.11 Å². The highest BCUT2D eigenvalue weighted by molar-refractivity contribution is 5.86. The lowest BCUT2D eigenvalue weighted by Gasteiger charge is -2.22. The Morgan fingerprint density at radius 1 is 1.06 bits per heavy atom. The number of carboxylic acid groups (broad SMARTS) is 1. The summed E-state index contributed by atoms with van der Waals surface area (Å²) in [7, 11) is 0. The zero-order chi connectivity index (χ0) is 12.4. The first-order chi connectivity index (χ1) is 8.66. The van der Waals surface area contributed by atoms with Gasteiger partial charge >= 0.3 is 5.97 Å². The van der Waals surface area contributed by atoms with Crippen LogP contribution in [0.1, 0.15) is 32.1 Å². The Hall–Kier alpha value is -1.06. The van der Waals surface area contributed by atoms with Crippen molar-refractivity contribution in [1.29, 1.82) is 0 Å². The van der Waals surface area contributed by atoms with Gasteiger partial charge in [0.15, 0.2) is 0 Å². The molecule has 0 aromatic carbocycles. The van der Waals surface area contributed by atoms with E-state index < -0.39 is 5.97 Å². The summed E-state index contributed by atoms with van der Waals surface area (Å²) in [5.41, 5.74) is 0. The second kappa shape index (κ2) is 3.49. The van der Waals surface area contributed by atoms with Gasteiger partial charge in [-0.1, -0.05) is 0 Å². The molecule has 4 fully saturated rings. The molecule has 4 aliphatic rings. The maximum atomic E-state index is 12.5. The van der Waals surface area contributed by atoms with Gasteiger partial charge in [-0.3, -0.25) is 9.59 Å². The number of aliphatic carboxylic acids is 1. The van der Waals surface area contributed by atoms with Crippen LogP contribution in [0.5, 0.6) is 0 Å². The van der Waals surface area contributed by atoms with Crippen LogP contribution in [-0.4, -0.2) is 34.5 Å². The molecule has 18 heavy (non-hydrogen) atoms. The fourth-order valence-electron chi connectivity index (χ4n) is 4.77. The predicted molar refractivity (Wildman–Crippen MR) is 63.7 cm³/mol. The number of nitrogens with zero attached hydrogens (tertiary/aromatic N) is 1. The molecule has 1 amide bonds. The Labute approximate surface area is 106 Å². The van der Waals surface area contributed by atoms with E-state index in [9.17, 15) is 9.59 Å². The van der Waals surface area contributed by atoms with Gasteiger partial charge in [0.05, 0.1) is 0 Å². The average Bonchev–Trinajstić information content (AvgIpc) is 3.24. The van der Waals surface area contributed by atoms with Crippen molar-refractivity contribution in [3.8, 4) is 0 Å². The first-order valence-corrected chi connectivity index (χ1v) is 7.19. The van der Waals surface area contributed by atoms with Crippen molar-refractivity contribution in [2.75, 3.05) is 6.54 Å². The lowest BCUT2D eigenvalue weighted by molar-refractivity contribution is -0.146. The first-order valence-electron chi connectivity index (χ1n) is 7.19. The number of carbonyl (C=O) groups excluding carboxylic acids is 1. The van der Waals surface area contributed by atoms with Crippen molar-refractivity contribution in [3.63, 3.8) is 0 Å². The zero-order valence-electron chi connectivity index (χ0n) is 10.4. The van der Waals surface area contributed by atoms with E-state index in [1.807, 2.05) is 0 Å². The molecule has 98 valence electrons. The number of carboxylic acids is 1. The lowest BCUT2D eigenvalue weighted by Crippen LogP contribution is -2.39. The van der Waals surface area contributed by atoms with Gasteiger partial charge in [0.25, 0.3) is 0 Å². The fraction of sp³-hybridized carbons (Fsp3) is 0.857. The van der Waals surface area contributed by atoms with Gasteiger partial charge in [0, 0.05) is 12.0 Å². The molecule has 2 bridgehead atoms. The molecule has 0 aliphatic heterocycles. The third-order valence-electron chi connectivity index (χ3n) is 5.60. The van der Waals surface area contributed by atoms with Gasteiger partial charge in [-0.2, -0.15) is 0 Å². The van der Waals surface area contributed by atoms with E-state index in [1.165, 1.54) is 19.3 Å². The van der Waals surface area contributed by atoms with Crippen LogP contribution in [0, 0.1) is 29.6 Å². The molecule has 4 atom stereocenters. The predicted octanol–water partition coefficient (Wildman–Crippen LogP) is 1.35. The molecule has 0 aromatic heterocycles. The van der Waals surface area contributed by atoms with E-state index in [1.54, 1.807) is 4.90 Å². The van der Waals surface area contributed by atoms with Crippen LogP contribution in [0.3, 0.4) is 0 Å². The third-order valence-corrected chi connectivity index (χ3v) is 5.60. The smallest absolute Gasteiger partial charge is 0.323 e. The monoisotopic (exact) mass is 249 g/mol. The molecular weight excluding hydrogens is 230 g/mol. The minimum absolute atomic E-state index is 0.0885. The second-order valence-electron chi connectivity index (χ2n) is 6.60. The van der Waals surface area contributed by atoms with Crippen molar-refractivity contribution >= 4 is 11.9 Å². The van der Waals surface area contributed by atoms with Crippen LogP contribution in [0.4, 0.5) is 0 Å². The van der Waals surface area contributed by atoms with Crippen LogP contribution in [0.25, 0.3) is 0 Å². The van der Waals surface area contributed by atoms with E-state index in [0.29, 0.717) is 11.8 Å². The standard InChI is InChI=1S/C14H19NO3/c16-10(17)6-15(9-3-4-9)14(18)13-11-7-1-2-8(5-7)12(11)13/h7-9,11-13H,1-6H2,(H,16,17). The fourth-order valence-corrected chi connectivity index (χ4v) is 4.77. The van der Waals surface area contributed by atoms with Crippen LogP contribution in [-0.2, 0) is 9.59 Å². The van der Waals surface area contributed by atoms with Crippen LogP contribution >= 0.6 is 0 Å². The number of hydrogen-bond donors (Lipinski definition) is 1. The largest absolute Gasteiger partial charge is 0.480 e. The van der Waals surface area contributed by atoms with E-state index >= 15 is 0 Å². The van der Waals surface area contributed by atoms with Crippen LogP contribution < -0.4 is 0 Å². The molecule has 4 rings (SSSR count). The highest BCUT2D eigenvalue weighted by atomic mass is 16.4. The normalized spacial score (nSPS) is 43.7. The molecule has 0 radical (unpaired) electrons. The lowest BCUT2D eigenvalue weighted by atomic mass is 10.0. The van der Waals surface area contributed by atoms with Crippen molar-refractivity contribution in [3.05, 3.63) is 0 Å². The summed E-state index contributed by atoms with van der Waals surface area (Å²) in [4.78, 5) is 25.1. The molecular formula is C14H19NO3. The highest BCUT2D eigenvalue weighted by Gasteiger charge is 2.68. The summed E-state index contributed by atoms with van der Waals surface area (Å²) in [5, 5.41) is 8.94. The van der Waals surface area contributed by atoms with E-state index in [-0.39, 0.29) is 24.4 Å². The van der Waals surface area contributed by atoms with E-state index in [2.05, 4.69) is 0 Å². The van der Waals surface area contributed by atoms with Gasteiger partial charge in [-0.25, -0.2) is 0 Å². The first kappa shape index (κ1) is 10.8. The molecule has 4 heteroatoms. The Morgan fingerprint density at radius 2 is 1.67 bits per heavy atom. The highest BCUT2D eigenvalue weighted by Crippen LogP contribution is 2.69. The Balaban J connectivity index is 1.48. The number of hydrogen-bond acceptors (Lipinski definition) is 2. The van der Waals surface area contributed by atoms with Gasteiger partial charge in [-0.05, 0) is 55.8 Å². The number of carbonyl (C=O) groups is 2. The van der Waals surface area contributed by atoms with Crippen LogP contribution in [0.2, 0.25) is 0 Å². The molecule has 1 N–H and O–H groups in total. The Kier molecular flexibility index (Phi) is 2.10. The number of amides is 1. The van der Waals surface area contributed by atoms with Crippen molar-refractivity contribution in [2.24, 2.45) is 29.6 Å². The third kappa shape index (κ3) is 1.44. The van der Waals surface area contributed by atoms with Crippen LogP contribution in [0.15, 0.2) is 0 Å². The molecule has 4 saturated carbocycles. The summed E-state index contributed by atoms with van der Waals surface area (Å²) < 4.78 is 0. The Morgan fingerprint density at radius 3 is 2.17 bits per heavy atom. The van der Waals surface area contributed by atoms with Gasteiger partial charge in [0.1, 0.15) is 6.54 Å². The van der Waals surface area contributed by atoms with Gasteiger partial charge < -0.3 is 10.0 Å². The summed E-state index contributed by atoms with van der Waals surface area (Å²) in [6, 6.07) is 0.229. The van der Waals surface area contributed by atoms with Gasteiger partial charge in [-0.15, -0.1) is 0 Å². The van der Waals surface area contributed by atoms with E-state index in [0.717, 1.165) is 24.7 Å². The summed E-state index contributed by atoms with van der Waals surface area (Å²) in [6.45, 7) is -0.0885. The number of fused-ring (bicyclic) bond motifs is 5. The van der Waals surface area contributed by atoms with Crippen molar-refractivity contribution in [2.45, 2.75) is 38.1 Å². The summed E-state index contributed by atoms with van der Waals surface area (Å²) in [6.07, 6.45) is 5.93. The van der Waals surface area contributed by atoms with Gasteiger partial charge in [0.2, 0.25) is 5.91 Å². The Bertz CT molecular complexity index is 401. The minimum Gasteiger partial charge on any atom is -0.480 e. The molecule has 0 saturated heterocycles. The SMILES string of the molecule is O=C(O)CN(C(=O)C1C2C3CCC(C3)C12)C1CC1. The molecule has 0 heterocycles. The summed E-state index contributed by atoms with van der Waals surface area (Å²) >= 11 is 0. The second-order valence-corrected chi connectivity index (χ2v) is 6.60. The molecule has 0 aromatic rings. The molecule has 4 unspecified atom stereocenters. The topological polar surface area (TPSA) is 57.6 Å².